The highest BCUT2D eigenvalue weighted by molar-refractivity contribution is 5.99. The van der Waals surface area contributed by atoms with Gasteiger partial charge >= 0.3 is 6.09 Å². The zero-order chi connectivity index (χ0) is 30.4. The van der Waals surface area contributed by atoms with Crippen LogP contribution in [0.15, 0.2) is 72.8 Å². The molecule has 2 N–H and O–H groups in total. The number of carbonyl (C=O) groups excluding carboxylic acids is 3. The fourth-order valence-corrected chi connectivity index (χ4v) is 5.41. The molecule has 0 aromatic heterocycles. The van der Waals surface area contributed by atoms with Crippen LogP contribution < -0.4 is 15.5 Å². The summed E-state index contributed by atoms with van der Waals surface area (Å²) < 4.78 is 5.49. The van der Waals surface area contributed by atoms with Crippen molar-refractivity contribution in [3.8, 4) is 0 Å². The number of piperazine rings is 2. The van der Waals surface area contributed by atoms with E-state index in [-0.39, 0.29) is 23.8 Å². The number of anilines is 2. The summed E-state index contributed by atoms with van der Waals surface area (Å²) in [5.74, 6) is -0.0541. The lowest BCUT2D eigenvalue weighted by Crippen LogP contribution is -2.49. The molecular weight excluding hydrogens is 542 g/mol. The Morgan fingerprint density at radius 3 is 2.02 bits per heavy atom. The van der Waals surface area contributed by atoms with Crippen molar-refractivity contribution < 1.29 is 19.1 Å². The SMILES string of the molecule is CC(C)(C)c1ccc(C(=O)N2CCN(c3ccc(C(=O)N4CCNCC4)cc3NC(=O)OCc3ccccc3)CC2)cc1. The van der Waals surface area contributed by atoms with E-state index in [2.05, 4.69) is 36.3 Å². The Hall–Kier alpha value is -4.37. The Morgan fingerprint density at radius 1 is 0.767 bits per heavy atom. The Labute approximate surface area is 253 Å². The summed E-state index contributed by atoms with van der Waals surface area (Å²) in [6.45, 7) is 11.6. The number of carbonyl (C=O) groups is 3. The molecule has 0 saturated carbocycles. The highest BCUT2D eigenvalue weighted by Gasteiger charge is 2.26. The van der Waals surface area contributed by atoms with Crippen LogP contribution in [0, 0.1) is 0 Å². The molecule has 0 radical (unpaired) electrons. The van der Waals surface area contributed by atoms with Gasteiger partial charge in [-0.05, 0) is 46.9 Å². The summed E-state index contributed by atoms with van der Waals surface area (Å²) in [6, 6.07) is 22.8. The van der Waals surface area contributed by atoms with Gasteiger partial charge in [0.05, 0.1) is 11.4 Å². The van der Waals surface area contributed by atoms with Crippen molar-refractivity contribution in [2.45, 2.75) is 32.8 Å². The maximum Gasteiger partial charge on any atom is 0.412 e. The highest BCUT2D eigenvalue weighted by Crippen LogP contribution is 2.30. The fraction of sp³-hybridized carbons (Fsp3) is 0.382. The van der Waals surface area contributed by atoms with Crippen LogP contribution >= 0.6 is 0 Å². The lowest BCUT2D eigenvalue weighted by Gasteiger charge is -2.37. The predicted molar refractivity (Wildman–Crippen MR) is 169 cm³/mol. The molecule has 3 amide bonds. The fourth-order valence-electron chi connectivity index (χ4n) is 5.41. The van der Waals surface area contributed by atoms with Crippen molar-refractivity contribution in [3.63, 3.8) is 0 Å². The zero-order valence-electron chi connectivity index (χ0n) is 25.3. The molecule has 2 aliphatic rings. The predicted octanol–water partition coefficient (Wildman–Crippen LogP) is 4.74. The van der Waals surface area contributed by atoms with Crippen LogP contribution in [0.1, 0.15) is 52.6 Å². The minimum atomic E-state index is -0.593. The van der Waals surface area contributed by atoms with E-state index in [0.29, 0.717) is 56.1 Å². The molecule has 0 atom stereocenters. The smallest absolute Gasteiger partial charge is 0.412 e. The van der Waals surface area contributed by atoms with Gasteiger partial charge in [-0.25, -0.2) is 4.79 Å². The second-order valence-electron chi connectivity index (χ2n) is 12.1. The number of nitrogens with one attached hydrogen (secondary N) is 2. The van der Waals surface area contributed by atoms with Crippen LogP contribution in [0.2, 0.25) is 0 Å². The van der Waals surface area contributed by atoms with Crippen LogP contribution in [0.5, 0.6) is 0 Å². The first-order valence-corrected chi connectivity index (χ1v) is 15.0. The van der Waals surface area contributed by atoms with Crippen molar-refractivity contribution in [1.82, 2.24) is 15.1 Å². The van der Waals surface area contributed by atoms with E-state index in [0.717, 1.165) is 24.3 Å². The van der Waals surface area contributed by atoms with Crippen LogP contribution in [-0.2, 0) is 16.8 Å². The third-order valence-corrected chi connectivity index (χ3v) is 8.00. The van der Waals surface area contributed by atoms with Crippen molar-refractivity contribution in [1.29, 1.82) is 0 Å². The van der Waals surface area contributed by atoms with Gasteiger partial charge in [0.1, 0.15) is 6.61 Å². The molecule has 2 saturated heterocycles. The monoisotopic (exact) mass is 583 g/mol. The Balaban J connectivity index is 1.29. The summed E-state index contributed by atoms with van der Waals surface area (Å²) in [4.78, 5) is 45.2. The molecule has 5 rings (SSSR count). The Kier molecular flexibility index (Phi) is 9.31. The topological polar surface area (TPSA) is 94.2 Å². The molecule has 0 unspecified atom stereocenters. The molecule has 43 heavy (non-hydrogen) atoms. The summed E-state index contributed by atoms with van der Waals surface area (Å²) in [7, 11) is 0. The van der Waals surface area contributed by atoms with Crippen molar-refractivity contribution in [3.05, 3.63) is 95.1 Å². The highest BCUT2D eigenvalue weighted by atomic mass is 16.5. The lowest BCUT2D eigenvalue weighted by molar-refractivity contribution is 0.0731. The average molecular weight is 584 g/mol. The summed E-state index contributed by atoms with van der Waals surface area (Å²) >= 11 is 0. The summed E-state index contributed by atoms with van der Waals surface area (Å²) in [5, 5.41) is 6.15. The number of benzene rings is 3. The van der Waals surface area contributed by atoms with Crippen molar-refractivity contribution in [2.75, 3.05) is 62.6 Å². The molecule has 0 bridgehead atoms. The van der Waals surface area contributed by atoms with E-state index in [1.807, 2.05) is 76.5 Å². The normalized spacial score (nSPS) is 15.7. The minimum absolute atomic E-state index is 0.0138. The van der Waals surface area contributed by atoms with Gasteiger partial charge in [-0.1, -0.05) is 63.2 Å². The third kappa shape index (κ3) is 7.53. The second-order valence-corrected chi connectivity index (χ2v) is 12.1. The van der Waals surface area contributed by atoms with Crippen LogP contribution in [-0.4, -0.2) is 80.1 Å². The molecule has 2 heterocycles. The van der Waals surface area contributed by atoms with Gasteiger partial charge in [-0.2, -0.15) is 0 Å². The van der Waals surface area contributed by atoms with Gasteiger partial charge in [0.25, 0.3) is 11.8 Å². The molecule has 2 aliphatic heterocycles. The van der Waals surface area contributed by atoms with E-state index in [9.17, 15) is 14.4 Å². The van der Waals surface area contributed by atoms with E-state index in [1.165, 1.54) is 5.56 Å². The molecule has 0 aliphatic carbocycles. The van der Waals surface area contributed by atoms with Gasteiger partial charge in [-0.15, -0.1) is 0 Å². The van der Waals surface area contributed by atoms with E-state index in [4.69, 9.17) is 4.74 Å². The van der Waals surface area contributed by atoms with Crippen LogP contribution in [0.4, 0.5) is 16.2 Å². The van der Waals surface area contributed by atoms with Gasteiger partial charge in [0.15, 0.2) is 0 Å². The molecule has 3 aromatic carbocycles. The molecule has 2 fully saturated rings. The number of amides is 3. The van der Waals surface area contributed by atoms with Gasteiger partial charge < -0.3 is 24.8 Å². The number of hydrogen-bond acceptors (Lipinski definition) is 6. The van der Waals surface area contributed by atoms with E-state index in [1.54, 1.807) is 6.07 Å². The minimum Gasteiger partial charge on any atom is -0.444 e. The standard InChI is InChI=1S/C34H41N5O4/c1-34(2,3)28-12-9-26(10-13-28)31(40)39-21-19-37(20-22-39)30-14-11-27(32(41)38-17-15-35-16-18-38)23-29(30)36-33(42)43-24-25-7-5-4-6-8-25/h4-14,23,35H,15-22,24H2,1-3H3,(H,36,42). The quantitative estimate of drug-likeness (QED) is 0.436. The number of hydrogen-bond donors (Lipinski definition) is 2. The number of rotatable bonds is 6. The molecule has 9 heteroatoms. The zero-order valence-corrected chi connectivity index (χ0v) is 25.3. The molecule has 9 nitrogen and oxygen atoms in total. The first kappa shape index (κ1) is 30.1. The number of ether oxygens (including phenoxy) is 1. The summed E-state index contributed by atoms with van der Waals surface area (Å²) in [5.41, 5.74) is 4.59. The molecule has 226 valence electrons. The van der Waals surface area contributed by atoms with Crippen LogP contribution in [0.3, 0.4) is 0 Å². The molecular formula is C34H41N5O4. The lowest BCUT2D eigenvalue weighted by atomic mass is 9.86. The maximum absolute atomic E-state index is 13.3. The summed E-state index contributed by atoms with van der Waals surface area (Å²) in [6.07, 6.45) is -0.593. The van der Waals surface area contributed by atoms with Crippen molar-refractivity contribution >= 4 is 29.3 Å². The molecule has 3 aromatic rings. The number of nitrogens with zero attached hydrogens (tertiary/aromatic N) is 3. The maximum atomic E-state index is 13.3. The largest absolute Gasteiger partial charge is 0.444 e. The third-order valence-electron chi connectivity index (χ3n) is 8.00. The second kappa shape index (κ2) is 13.3. The molecule has 0 spiro atoms. The Bertz CT molecular complexity index is 1420. The van der Waals surface area contributed by atoms with Gasteiger partial charge in [0.2, 0.25) is 0 Å². The Morgan fingerprint density at radius 2 is 1.37 bits per heavy atom. The first-order chi connectivity index (χ1) is 20.7. The average Bonchev–Trinajstić information content (AvgIpc) is 3.04. The van der Waals surface area contributed by atoms with Gasteiger partial charge in [0, 0.05) is 63.5 Å². The van der Waals surface area contributed by atoms with Crippen molar-refractivity contribution in [2.24, 2.45) is 0 Å². The van der Waals surface area contributed by atoms with E-state index >= 15 is 0 Å². The first-order valence-electron chi connectivity index (χ1n) is 15.0. The van der Waals surface area contributed by atoms with Crippen LogP contribution in [0.25, 0.3) is 0 Å². The van der Waals surface area contributed by atoms with Gasteiger partial charge in [-0.3, -0.25) is 14.9 Å². The van der Waals surface area contributed by atoms with E-state index < -0.39 is 6.09 Å².